The molecule has 2 N–H and O–H groups in total. The van der Waals surface area contributed by atoms with Gasteiger partial charge in [-0.05, 0) is 50.1 Å². The number of benzene rings is 2. The van der Waals surface area contributed by atoms with Crippen molar-refractivity contribution in [2.75, 3.05) is 13.2 Å². The molecular formula is C19H26N2O4S. The van der Waals surface area contributed by atoms with Gasteiger partial charge in [-0.15, -0.1) is 0 Å². The Balaban J connectivity index is 1.93. The number of nitrogens with one attached hydrogen (secondary N) is 2. The fourth-order valence-electron chi connectivity index (χ4n) is 2.44. The molecule has 0 bridgehead atoms. The molecule has 26 heavy (non-hydrogen) atoms. The van der Waals surface area contributed by atoms with Gasteiger partial charge >= 0.3 is 0 Å². The van der Waals surface area contributed by atoms with Crippen LogP contribution in [-0.4, -0.2) is 39.6 Å². The number of fused-ring (bicyclic) bond motifs is 1. The quantitative estimate of drug-likeness (QED) is 0.657. The van der Waals surface area contributed by atoms with Crippen molar-refractivity contribution in [2.24, 2.45) is 0 Å². The topological polar surface area (TPSA) is 84.5 Å². The first-order valence-corrected chi connectivity index (χ1v) is 10.2. The lowest BCUT2D eigenvalue weighted by Crippen LogP contribution is -2.45. The molecule has 2 aromatic rings. The Morgan fingerprint density at radius 1 is 1.08 bits per heavy atom. The summed E-state index contributed by atoms with van der Waals surface area (Å²) in [6, 6.07) is 11.5. The smallest absolute Gasteiger partial charge is 0.241 e. The molecule has 0 aliphatic carbocycles. The van der Waals surface area contributed by atoms with Crippen molar-refractivity contribution in [3.8, 4) is 0 Å². The molecule has 1 amide bonds. The average molecular weight is 378 g/mol. The number of amides is 1. The summed E-state index contributed by atoms with van der Waals surface area (Å²) >= 11 is 0. The predicted molar refractivity (Wildman–Crippen MR) is 102 cm³/mol. The molecule has 0 aromatic heterocycles. The molecule has 2 aromatic carbocycles. The zero-order chi connectivity index (χ0) is 19.2. The van der Waals surface area contributed by atoms with E-state index in [0.717, 1.165) is 10.8 Å². The molecule has 1 atom stereocenters. The lowest BCUT2D eigenvalue weighted by Gasteiger charge is -2.15. The van der Waals surface area contributed by atoms with Crippen molar-refractivity contribution >= 4 is 26.7 Å². The third kappa shape index (κ3) is 5.79. The van der Waals surface area contributed by atoms with Gasteiger partial charge in [0.2, 0.25) is 15.9 Å². The number of hydrogen-bond acceptors (Lipinski definition) is 4. The molecule has 0 aliphatic heterocycles. The molecule has 0 heterocycles. The van der Waals surface area contributed by atoms with Crippen molar-refractivity contribution in [3.05, 3.63) is 42.5 Å². The van der Waals surface area contributed by atoms with E-state index in [1.54, 1.807) is 18.2 Å². The number of hydrogen-bond donors (Lipinski definition) is 2. The summed E-state index contributed by atoms with van der Waals surface area (Å²) in [5, 5.41) is 4.50. The fourth-order valence-corrected chi connectivity index (χ4v) is 3.68. The fraction of sp³-hybridized carbons (Fsp3) is 0.421. The van der Waals surface area contributed by atoms with Crippen LogP contribution in [0.2, 0.25) is 0 Å². The zero-order valence-electron chi connectivity index (χ0n) is 15.4. The summed E-state index contributed by atoms with van der Waals surface area (Å²) < 4.78 is 32.9. The average Bonchev–Trinajstić information content (AvgIpc) is 2.60. The van der Waals surface area contributed by atoms with E-state index in [1.807, 2.05) is 38.1 Å². The zero-order valence-corrected chi connectivity index (χ0v) is 16.2. The van der Waals surface area contributed by atoms with Crippen molar-refractivity contribution in [3.63, 3.8) is 0 Å². The summed E-state index contributed by atoms with van der Waals surface area (Å²) in [6.45, 7) is 6.41. The van der Waals surface area contributed by atoms with Crippen LogP contribution in [0.1, 0.15) is 27.2 Å². The van der Waals surface area contributed by atoms with Crippen molar-refractivity contribution in [1.82, 2.24) is 10.0 Å². The molecule has 6 nitrogen and oxygen atoms in total. The predicted octanol–water partition coefficient (Wildman–Crippen LogP) is 2.44. The van der Waals surface area contributed by atoms with Gasteiger partial charge in [-0.1, -0.05) is 30.3 Å². The monoisotopic (exact) mass is 378 g/mol. The summed E-state index contributed by atoms with van der Waals surface area (Å²) in [4.78, 5) is 12.2. The highest BCUT2D eigenvalue weighted by molar-refractivity contribution is 7.89. The highest BCUT2D eigenvalue weighted by atomic mass is 32.2. The van der Waals surface area contributed by atoms with Crippen LogP contribution in [0.5, 0.6) is 0 Å². The van der Waals surface area contributed by atoms with Gasteiger partial charge in [0.1, 0.15) is 0 Å². The van der Waals surface area contributed by atoms with Crippen LogP contribution < -0.4 is 10.0 Å². The molecule has 0 radical (unpaired) electrons. The first-order valence-electron chi connectivity index (χ1n) is 8.70. The molecule has 0 saturated carbocycles. The molecule has 0 unspecified atom stereocenters. The van der Waals surface area contributed by atoms with Crippen LogP contribution in [0.4, 0.5) is 0 Å². The lowest BCUT2D eigenvalue weighted by molar-refractivity contribution is -0.122. The summed E-state index contributed by atoms with van der Waals surface area (Å²) in [5.74, 6) is -0.362. The van der Waals surface area contributed by atoms with E-state index >= 15 is 0 Å². The van der Waals surface area contributed by atoms with Gasteiger partial charge in [-0.25, -0.2) is 8.42 Å². The molecule has 0 spiro atoms. The van der Waals surface area contributed by atoms with Gasteiger partial charge in [0, 0.05) is 13.2 Å². The Labute approximate surface area is 155 Å². The van der Waals surface area contributed by atoms with E-state index in [4.69, 9.17) is 4.74 Å². The van der Waals surface area contributed by atoms with Crippen LogP contribution in [0.15, 0.2) is 47.4 Å². The Morgan fingerprint density at radius 3 is 2.46 bits per heavy atom. The second-order valence-electron chi connectivity index (χ2n) is 6.42. The number of carbonyl (C=O) groups is 1. The minimum Gasteiger partial charge on any atom is -0.379 e. The Hall–Kier alpha value is -1.96. The van der Waals surface area contributed by atoms with Crippen LogP contribution in [-0.2, 0) is 19.6 Å². The SMILES string of the molecule is CC(C)OCCCNC(=O)[C@@H](C)NS(=O)(=O)c1ccc2ccccc2c1. The molecule has 2 rings (SSSR count). The van der Waals surface area contributed by atoms with Crippen LogP contribution in [0.3, 0.4) is 0 Å². The van der Waals surface area contributed by atoms with Crippen molar-refractivity contribution < 1.29 is 17.9 Å². The Bertz CT molecular complexity index is 849. The largest absolute Gasteiger partial charge is 0.379 e. The van der Waals surface area contributed by atoms with E-state index in [2.05, 4.69) is 10.0 Å². The molecule has 7 heteroatoms. The minimum atomic E-state index is -3.78. The standard InChI is InChI=1S/C19H26N2O4S/c1-14(2)25-12-6-11-20-19(22)15(3)21-26(23,24)18-10-9-16-7-4-5-8-17(16)13-18/h4-5,7-10,13-15,21H,6,11-12H2,1-3H3,(H,20,22)/t15-/m1/s1. The summed E-state index contributed by atoms with van der Waals surface area (Å²) in [7, 11) is -3.78. The highest BCUT2D eigenvalue weighted by Crippen LogP contribution is 2.19. The van der Waals surface area contributed by atoms with Gasteiger partial charge in [0.15, 0.2) is 0 Å². The third-order valence-electron chi connectivity index (χ3n) is 3.83. The van der Waals surface area contributed by atoms with E-state index in [9.17, 15) is 13.2 Å². The Kier molecular flexibility index (Phi) is 7.14. The van der Waals surface area contributed by atoms with Crippen molar-refractivity contribution in [1.29, 1.82) is 0 Å². The van der Waals surface area contributed by atoms with Crippen LogP contribution >= 0.6 is 0 Å². The van der Waals surface area contributed by atoms with Crippen LogP contribution in [0.25, 0.3) is 10.8 Å². The normalized spacial score (nSPS) is 13.1. The maximum Gasteiger partial charge on any atom is 0.241 e. The molecular weight excluding hydrogens is 352 g/mol. The van der Waals surface area contributed by atoms with Crippen LogP contribution in [0, 0.1) is 0 Å². The van der Waals surface area contributed by atoms with E-state index in [-0.39, 0.29) is 16.9 Å². The first kappa shape index (κ1) is 20.4. The summed E-state index contributed by atoms with van der Waals surface area (Å²) in [5.41, 5.74) is 0. The highest BCUT2D eigenvalue weighted by Gasteiger charge is 2.22. The van der Waals surface area contributed by atoms with Crippen molar-refractivity contribution in [2.45, 2.75) is 44.2 Å². The van der Waals surface area contributed by atoms with E-state index < -0.39 is 16.1 Å². The summed E-state index contributed by atoms with van der Waals surface area (Å²) in [6.07, 6.45) is 0.826. The molecule has 0 aliphatic rings. The maximum absolute atomic E-state index is 12.5. The minimum absolute atomic E-state index is 0.140. The molecule has 142 valence electrons. The number of rotatable bonds is 9. The van der Waals surface area contributed by atoms with Gasteiger partial charge in [0.05, 0.1) is 17.0 Å². The van der Waals surface area contributed by atoms with Gasteiger partial charge in [-0.2, -0.15) is 4.72 Å². The second-order valence-corrected chi connectivity index (χ2v) is 8.13. The lowest BCUT2D eigenvalue weighted by atomic mass is 10.1. The van der Waals surface area contributed by atoms with E-state index in [0.29, 0.717) is 19.6 Å². The van der Waals surface area contributed by atoms with Gasteiger partial charge in [-0.3, -0.25) is 4.79 Å². The van der Waals surface area contributed by atoms with E-state index in [1.165, 1.54) is 6.92 Å². The van der Waals surface area contributed by atoms with Gasteiger partial charge in [0.25, 0.3) is 0 Å². The first-order chi connectivity index (χ1) is 12.3. The molecule has 0 fully saturated rings. The number of ether oxygens (including phenoxy) is 1. The molecule has 0 saturated heterocycles. The maximum atomic E-state index is 12.5. The second kappa shape index (κ2) is 9.12. The number of carbonyl (C=O) groups excluding carboxylic acids is 1. The Morgan fingerprint density at radius 2 is 1.77 bits per heavy atom. The number of sulfonamides is 1. The van der Waals surface area contributed by atoms with Gasteiger partial charge < -0.3 is 10.1 Å². The third-order valence-corrected chi connectivity index (χ3v) is 5.37.